The lowest BCUT2D eigenvalue weighted by molar-refractivity contribution is 0.103. The number of anilines is 1. The molecule has 0 aliphatic carbocycles. The van der Waals surface area contributed by atoms with Crippen LogP contribution in [0.4, 0.5) is 5.69 Å². The van der Waals surface area contributed by atoms with Crippen molar-refractivity contribution in [3.8, 4) is 0 Å². The summed E-state index contributed by atoms with van der Waals surface area (Å²) in [5, 5.41) is 2.78. The van der Waals surface area contributed by atoms with E-state index in [9.17, 15) is 13.2 Å². The van der Waals surface area contributed by atoms with Crippen molar-refractivity contribution in [3.63, 3.8) is 0 Å². The van der Waals surface area contributed by atoms with E-state index >= 15 is 0 Å². The number of rotatable bonds is 4. The lowest BCUT2D eigenvalue weighted by Crippen LogP contribution is -2.22. The fourth-order valence-corrected chi connectivity index (χ4v) is 3.54. The van der Waals surface area contributed by atoms with Gasteiger partial charge in [0.05, 0.1) is 9.77 Å². The SMILES string of the molecule is Cc1ccc(C(=O)Nc2cc(S(=O)(=O)N(C)C)ccc2C)s1. The van der Waals surface area contributed by atoms with Gasteiger partial charge in [0.25, 0.3) is 5.91 Å². The predicted molar refractivity (Wildman–Crippen MR) is 89.1 cm³/mol. The van der Waals surface area contributed by atoms with E-state index in [0.29, 0.717) is 10.6 Å². The molecule has 2 rings (SSSR count). The standard InChI is InChI=1S/C15H18N2O3S2/c1-10-5-7-12(22(19,20)17(3)4)9-13(10)16-15(18)14-8-6-11(2)21-14/h5-9H,1-4H3,(H,16,18). The minimum absolute atomic E-state index is 0.153. The van der Waals surface area contributed by atoms with Crippen LogP contribution in [0.25, 0.3) is 0 Å². The number of amides is 1. The van der Waals surface area contributed by atoms with Gasteiger partial charge in [-0.1, -0.05) is 6.07 Å². The molecule has 1 aromatic carbocycles. The molecule has 0 bridgehead atoms. The number of sulfonamides is 1. The number of nitrogens with zero attached hydrogens (tertiary/aromatic N) is 1. The smallest absolute Gasteiger partial charge is 0.265 e. The van der Waals surface area contributed by atoms with E-state index in [2.05, 4.69) is 5.32 Å². The highest BCUT2D eigenvalue weighted by atomic mass is 32.2. The molecule has 0 unspecified atom stereocenters. The molecule has 1 amide bonds. The Balaban J connectivity index is 2.34. The minimum atomic E-state index is -3.53. The highest BCUT2D eigenvalue weighted by Gasteiger charge is 2.19. The maximum Gasteiger partial charge on any atom is 0.265 e. The Kier molecular flexibility index (Phi) is 4.69. The quantitative estimate of drug-likeness (QED) is 0.932. The zero-order chi connectivity index (χ0) is 16.5. The Hall–Kier alpha value is -1.70. The van der Waals surface area contributed by atoms with Gasteiger partial charge in [0.15, 0.2) is 0 Å². The average molecular weight is 338 g/mol. The maximum absolute atomic E-state index is 12.2. The summed E-state index contributed by atoms with van der Waals surface area (Å²) in [6, 6.07) is 8.34. The van der Waals surface area contributed by atoms with Crippen LogP contribution in [-0.4, -0.2) is 32.7 Å². The first kappa shape index (κ1) is 16.7. The molecule has 1 N–H and O–H groups in total. The Morgan fingerprint density at radius 1 is 1.14 bits per heavy atom. The average Bonchev–Trinajstić information content (AvgIpc) is 2.87. The molecule has 0 spiro atoms. The van der Waals surface area contributed by atoms with Gasteiger partial charge in [-0.15, -0.1) is 11.3 Å². The first-order valence-electron chi connectivity index (χ1n) is 6.63. The number of hydrogen-bond acceptors (Lipinski definition) is 4. The monoisotopic (exact) mass is 338 g/mol. The third kappa shape index (κ3) is 3.37. The second kappa shape index (κ2) is 6.20. The Morgan fingerprint density at radius 2 is 1.82 bits per heavy atom. The second-order valence-corrected chi connectivity index (χ2v) is 8.57. The van der Waals surface area contributed by atoms with Gasteiger partial charge in [0.2, 0.25) is 10.0 Å². The molecule has 0 saturated heterocycles. The number of carbonyl (C=O) groups is 1. The molecular weight excluding hydrogens is 320 g/mol. The molecule has 1 heterocycles. The molecule has 7 heteroatoms. The van der Waals surface area contributed by atoms with Gasteiger partial charge in [0, 0.05) is 24.7 Å². The summed E-state index contributed by atoms with van der Waals surface area (Å²) in [6.45, 7) is 3.75. The van der Waals surface area contributed by atoms with Gasteiger partial charge < -0.3 is 5.32 Å². The molecule has 118 valence electrons. The number of benzene rings is 1. The van der Waals surface area contributed by atoms with E-state index < -0.39 is 10.0 Å². The Bertz CT molecular complexity index is 808. The summed E-state index contributed by atoms with van der Waals surface area (Å²) in [5.74, 6) is -0.236. The molecule has 22 heavy (non-hydrogen) atoms. The van der Waals surface area contributed by atoms with E-state index in [-0.39, 0.29) is 10.8 Å². The van der Waals surface area contributed by atoms with Crippen molar-refractivity contribution in [1.29, 1.82) is 0 Å². The first-order valence-corrected chi connectivity index (χ1v) is 8.88. The van der Waals surface area contributed by atoms with Crippen molar-refractivity contribution < 1.29 is 13.2 Å². The molecule has 2 aromatic rings. The van der Waals surface area contributed by atoms with Crippen molar-refractivity contribution >= 4 is 33.0 Å². The second-order valence-electron chi connectivity index (χ2n) is 5.13. The number of hydrogen-bond donors (Lipinski definition) is 1. The van der Waals surface area contributed by atoms with Crippen molar-refractivity contribution in [1.82, 2.24) is 4.31 Å². The van der Waals surface area contributed by atoms with Crippen LogP contribution in [0.15, 0.2) is 35.2 Å². The van der Waals surface area contributed by atoms with Crippen LogP contribution in [0.5, 0.6) is 0 Å². The molecule has 1 aromatic heterocycles. The molecule has 0 aliphatic rings. The number of thiophene rings is 1. The normalized spacial score (nSPS) is 11.7. The van der Waals surface area contributed by atoms with Crippen LogP contribution in [0.3, 0.4) is 0 Å². The third-order valence-corrected chi connectivity index (χ3v) is 6.01. The van der Waals surface area contributed by atoms with E-state index in [0.717, 1.165) is 14.7 Å². The number of aryl methyl sites for hydroxylation is 2. The Morgan fingerprint density at radius 3 is 2.36 bits per heavy atom. The van der Waals surface area contributed by atoms with Crippen LogP contribution in [0.2, 0.25) is 0 Å². The van der Waals surface area contributed by atoms with Crippen LogP contribution in [0, 0.1) is 13.8 Å². The van der Waals surface area contributed by atoms with Crippen molar-refractivity contribution in [2.75, 3.05) is 19.4 Å². The first-order chi connectivity index (χ1) is 10.2. The molecule has 0 atom stereocenters. The highest BCUT2D eigenvalue weighted by molar-refractivity contribution is 7.89. The number of carbonyl (C=O) groups excluding carboxylic acids is 1. The summed E-state index contributed by atoms with van der Waals surface area (Å²) in [7, 11) is -0.580. The topological polar surface area (TPSA) is 66.5 Å². The lowest BCUT2D eigenvalue weighted by atomic mass is 10.2. The van der Waals surface area contributed by atoms with E-state index in [4.69, 9.17) is 0 Å². The van der Waals surface area contributed by atoms with Crippen molar-refractivity contribution in [3.05, 3.63) is 45.6 Å². The molecular formula is C15H18N2O3S2. The summed E-state index contributed by atoms with van der Waals surface area (Å²) in [6.07, 6.45) is 0. The molecule has 0 saturated carbocycles. The fraction of sp³-hybridized carbons (Fsp3) is 0.267. The number of nitrogens with one attached hydrogen (secondary N) is 1. The lowest BCUT2D eigenvalue weighted by Gasteiger charge is -2.14. The van der Waals surface area contributed by atoms with Crippen LogP contribution in [-0.2, 0) is 10.0 Å². The highest BCUT2D eigenvalue weighted by Crippen LogP contribution is 2.23. The largest absolute Gasteiger partial charge is 0.321 e. The van der Waals surface area contributed by atoms with Gasteiger partial charge >= 0.3 is 0 Å². The van der Waals surface area contributed by atoms with Crippen LogP contribution >= 0.6 is 11.3 Å². The third-order valence-electron chi connectivity index (χ3n) is 3.20. The summed E-state index contributed by atoms with van der Waals surface area (Å²) < 4.78 is 25.5. The van der Waals surface area contributed by atoms with Gasteiger partial charge in [0.1, 0.15) is 0 Å². The van der Waals surface area contributed by atoms with Crippen LogP contribution < -0.4 is 5.32 Å². The van der Waals surface area contributed by atoms with E-state index in [1.165, 1.54) is 37.6 Å². The van der Waals surface area contributed by atoms with Gasteiger partial charge in [-0.05, 0) is 43.7 Å². The van der Waals surface area contributed by atoms with Gasteiger partial charge in [-0.3, -0.25) is 4.79 Å². The van der Waals surface area contributed by atoms with E-state index in [1.54, 1.807) is 12.1 Å². The predicted octanol–water partition coefficient (Wildman–Crippen LogP) is 2.87. The molecule has 0 fully saturated rings. The zero-order valence-electron chi connectivity index (χ0n) is 12.9. The van der Waals surface area contributed by atoms with Gasteiger partial charge in [-0.2, -0.15) is 0 Å². The van der Waals surface area contributed by atoms with E-state index in [1.807, 2.05) is 19.9 Å². The molecule has 0 aliphatic heterocycles. The fourth-order valence-electron chi connectivity index (χ4n) is 1.85. The maximum atomic E-state index is 12.2. The van der Waals surface area contributed by atoms with Crippen molar-refractivity contribution in [2.24, 2.45) is 0 Å². The minimum Gasteiger partial charge on any atom is -0.321 e. The Labute approximate surface area is 134 Å². The van der Waals surface area contributed by atoms with Gasteiger partial charge in [-0.25, -0.2) is 12.7 Å². The summed E-state index contributed by atoms with van der Waals surface area (Å²) in [4.78, 5) is 14.0. The summed E-state index contributed by atoms with van der Waals surface area (Å²) >= 11 is 1.40. The molecule has 0 radical (unpaired) electrons. The van der Waals surface area contributed by atoms with Crippen LogP contribution in [0.1, 0.15) is 20.1 Å². The van der Waals surface area contributed by atoms with Crippen molar-refractivity contribution in [2.45, 2.75) is 18.7 Å². The summed E-state index contributed by atoms with van der Waals surface area (Å²) in [5.41, 5.74) is 1.30. The zero-order valence-corrected chi connectivity index (χ0v) is 14.5. The molecule has 5 nitrogen and oxygen atoms in total.